The van der Waals surface area contributed by atoms with E-state index in [1.165, 1.54) is 4.31 Å². The van der Waals surface area contributed by atoms with Crippen LogP contribution >= 0.6 is 0 Å². The van der Waals surface area contributed by atoms with Crippen LogP contribution in [0.4, 0.5) is 0 Å². The number of hydrogen-bond donors (Lipinski definition) is 2. The van der Waals surface area contributed by atoms with Gasteiger partial charge in [-0.3, -0.25) is 4.79 Å². The summed E-state index contributed by atoms with van der Waals surface area (Å²) in [6, 6.07) is 0. The number of piperazine rings is 1. The predicted octanol–water partition coefficient (Wildman–Crippen LogP) is -0.450. The molecule has 1 rings (SSSR count). The predicted molar refractivity (Wildman–Crippen MR) is 75.2 cm³/mol. The third kappa shape index (κ3) is 4.59. The average Bonchev–Trinajstić information content (AvgIpc) is 2.35. The van der Waals surface area contributed by atoms with Crippen LogP contribution in [0.15, 0.2) is 12.7 Å². The summed E-state index contributed by atoms with van der Waals surface area (Å²) in [5, 5.41) is 5.75. The number of hydrogen-bond acceptors (Lipinski definition) is 4. The zero-order chi connectivity index (χ0) is 14.5. The monoisotopic (exact) mass is 289 g/mol. The van der Waals surface area contributed by atoms with Gasteiger partial charge in [-0.15, -0.1) is 6.58 Å². The standard InChI is InChI=1S/C12H23N3O3S/c1-4-5-14-11(16)12(2,3)10-19(17,18)15-8-6-13-7-9-15/h4,13H,1,5-10H2,2-3H3,(H,14,16). The van der Waals surface area contributed by atoms with Crippen LogP contribution in [0.25, 0.3) is 0 Å². The van der Waals surface area contributed by atoms with Gasteiger partial charge in [0.15, 0.2) is 0 Å². The Morgan fingerprint density at radius 3 is 2.53 bits per heavy atom. The highest BCUT2D eigenvalue weighted by molar-refractivity contribution is 7.89. The van der Waals surface area contributed by atoms with Crippen molar-refractivity contribution in [1.82, 2.24) is 14.9 Å². The van der Waals surface area contributed by atoms with Crippen LogP contribution < -0.4 is 10.6 Å². The summed E-state index contributed by atoms with van der Waals surface area (Å²) < 4.78 is 26.0. The molecule has 0 radical (unpaired) electrons. The molecule has 2 N–H and O–H groups in total. The molecule has 0 atom stereocenters. The van der Waals surface area contributed by atoms with Gasteiger partial charge in [-0.25, -0.2) is 8.42 Å². The first kappa shape index (κ1) is 16.1. The molecule has 1 aliphatic rings. The fourth-order valence-corrected chi connectivity index (χ4v) is 3.90. The summed E-state index contributed by atoms with van der Waals surface area (Å²) in [6.07, 6.45) is 1.57. The fourth-order valence-electron chi connectivity index (χ4n) is 1.94. The fraction of sp³-hybridized carbons (Fsp3) is 0.750. The van der Waals surface area contributed by atoms with Gasteiger partial charge in [-0.05, 0) is 13.8 Å². The Bertz CT molecular complexity index is 426. The SMILES string of the molecule is C=CCNC(=O)C(C)(C)CS(=O)(=O)N1CCNCC1. The largest absolute Gasteiger partial charge is 0.352 e. The lowest BCUT2D eigenvalue weighted by atomic mass is 9.95. The van der Waals surface area contributed by atoms with Crippen LogP contribution in [-0.2, 0) is 14.8 Å². The zero-order valence-electron chi connectivity index (χ0n) is 11.6. The van der Waals surface area contributed by atoms with E-state index in [1.807, 2.05) is 0 Å². The van der Waals surface area contributed by atoms with Gasteiger partial charge in [0, 0.05) is 32.7 Å². The molecule has 7 heteroatoms. The highest BCUT2D eigenvalue weighted by atomic mass is 32.2. The molecule has 1 aliphatic heterocycles. The van der Waals surface area contributed by atoms with Crippen molar-refractivity contribution in [2.45, 2.75) is 13.8 Å². The Morgan fingerprint density at radius 1 is 1.42 bits per heavy atom. The molecule has 6 nitrogen and oxygen atoms in total. The van der Waals surface area contributed by atoms with Crippen molar-refractivity contribution in [1.29, 1.82) is 0 Å². The molecular formula is C12H23N3O3S. The zero-order valence-corrected chi connectivity index (χ0v) is 12.4. The smallest absolute Gasteiger partial charge is 0.226 e. The van der Waals surface area contributed by atoms with E-state index in [0.29, 0.717) is 32.7 Å². The highest BCUT2D eigenvalue weighted by Crippen LogP contribution is 2.20. The van der Waals surface area contributed by atoms with Gasteiger partial charge < -0.3 is 10.6 Å². The van der Waals surface area contributed by atoms with E-state index in [0.717, 1.165) is 0 Å². The first-order chi connectivity index (χ1) is 8.79. The average molecular weight is 289 g/mol. The van der Waals surface area contributed by atoms with Crippen molar-refractivity contribution < 1.29 is 13.2 Å². The van der Waals surface area contributed by atoms with E-state index in [9.17, 15) is 13.2 Å². The molecule has 1 heterocycles. The lowest BCUT2D eigenvalue weighted by Crippen LogP contribution is -2.50. The lowest BCUT2D eigenvalue weighted by Gasteiger charge is -2.30. The molecule has 0 aromatic rings. The Morgan fingerprint density at radius 2 is 2.00 bits per heavy atom. The van der Waals surface area contributed by atoms with Gasteiger partial charge >= 0.3 is 0 Å². The second-order valence-electron chi connectivity index (χ2n) is 5.29. The molecule has 0 bridgehead atoms. The van der Waals surface area contributed by atoms with Crippen LogP contribution in [0, 0.1) is 5.41 Å². The summed E-state index contributed by atoms with van der Waals surface area (Å²) in [5.41, 5.74) is -0.952. The number of rotatable bonds is 6. The maximum atomic E-state index is 12.3. The molecule has 0 spiro atoms. The quantitative estimate of drug-likeness (QED) is 0.649. The maximum absolute atomic E-state index is 12.3. The van der Waals surface area contributed by atoms with Crippen molar-refractivity contribution in [2.75, 3.05) is 38.5 Å². The van der Waals surface area contributed by atoms with Gasteiger partial charge in [0.05, 0.1) is 11.2 Å². The van der Waals surface area contributed by atoms with Crippen LogP contribution in [0.5, 0.6) is 0 Å². The minimum absolute atomic E-state index is 0.178. The molecule has 0 saturated carbocycles. The van der Waals surface area contributed by atoms with E-state index in [2.05, 4.69) is 17.2 Å². The number of amides is 1. The van der Waals surface area contributed by atoms with Gasteiger partial charge in [0.1, 0.15) is 0 Å². The van der Waals surface area contributed by atoms with Gasteiger partial charge in [0.25, 0.3) is 0 Å². The molecule has 1 amide bonds. The van der Waals surface area contributed by atoms with E-state index in [-0.39, 0.29) is 11.7 Å². The molecule has 0 aromatic carbocycles. The van der Waals surface area contributed by atoms with Crippen LogP contribution in [0.2, 0.25) is 0 Å². The highest BCUT2D eigenvalue weighted by Gasteiger charge is 2.36. The van der Waals surface area contributed by atoms with Crippen molar-refractivity contribution in [2.24, 2.45) is 5.41 Å². The van der Waals surface area contributed by atoms with Crippen molar-refractivity contribution >= 4 is 15.9 Å². The molecule has 0 aromatic heterocycles. The summed E-state index contributed by atoms with van der Waals surface area (Å²) in [6.45, 7) is 9.39. The third-order valence-corrected chi connectivity index (χ3v) is 5.27. The number of carbonyl (C=O) groups is 1. The Hall–Kier alpha value is -0.920. The van der Waals surface area contributed by atoms with E-state index in [1.54, 1.807) is 19.9 Å². The van der Waals surface area contributed by atoms with E-state index < -0.39 is 15.4 Å². The second-order valence-corrected chi connectivity index (χ2v) is 7.26. The maximum Gasteiger partial charge on any atom is 0.226 e. The van der Waals surface area contributed by atoms with Crippen LogP contribution in [-0.4, -0.2) is 57.1 Å². The Kier molecular flexibility index (Phi) is 5.51. The summed E-state index contributed by atoms with van der Waals surface area (Å²) in [4.78, 5) is 11.9. The normalized spacial score (nSPS) is 18.0. The lowest BCUT2D eigenvalue weighted by molar-refractivity contribution is -0.128. The van der Waals surface area contributed by atoms with Gasteiger partial charge in [0.2, 0.25) is 15.9 Å². The molecule has 0 unspecified atom stereocenters. The van der Waals surface area contributed by atoms with Crippen LogP contribution in [0.1, 0.15) is 13.8 Å². The minimum atomic E-state index is -3.40. The topological polar surface area (TPSA) is 78.5 Å². The van der Waals surface area contributed by atoms with Crippen molar-refractivity contribution in [3.05, 3.63) is 12.7 Å². The van der Waals surface area contributed by atoms with Gasteiger partial charge in [-0.1, -0.05) is 6.08 Å². The number of nitrogens with one attached hydrogen (secondary N) is 2. The summed E-state index contributed by atoms with van der Waals surface area (Å²) in [5.74, 6) is -0.450. The summed E-state index contributed by atoms with van der Waals surface area (Å²) >= 11 is 0. The molecule has 19 heavy (non-hydrogen) atoms. The second kappa shape index (κ2) is 6.49. The summed E-state index contributed by atoms with van der Waals surface area (Å²) in [7, 11) is -3.40. The Labute approximate surface area is 115 Å². The van der Waals surface area contributed by atoms with E-state index >= 15 is 0 Å². The van der Waals surface area contributed by atoms with E-state index in [4.69, 9.17) is 0 Å². The van der Waals surface area contributed by atoms with Gasteiger partial charge in [-0.2, -0.15) is 4.31 Å². The molecule has 1 saturated heterocycles. The van der Waals surface area contributed by atoms with Crippen molar-refractivity contribution in [3.8, 4) is 0 Å². The first-order valence-electron chi connectivity index (χ1n) is 6.37. The Balaban J connectivity index is 2.69. The minimum Gasteiger partial charge on any atom is -0.352 e. The number of sulfonamides is 1. The molecule has 110 valence electrons. The number of nitrogens with zero attached hydrogens (tertiary/aromatic N) is 1. The molecule has 0 aliphatic carbocycles. The number of carbonyl (C=O) groups excluding carboxylic acids is 1. The molecular weight excluding hydrogens is 266 g/mol. The third-order valence-electron chi connectivity index (χ3n) is 3.03. The first-order valence-corrected chi connectivity index (χ1v) is 7.98. The van der Waals surface area contributed by atoms with Crippen molar-refractivity contribution in [3.63, 3.8) is 0 Å². The van der Waals surface area contributed by atoms with Crippen LogP contribution in [0.3, 0.4) is 0 Å². The molecule has 1 fully saturated rings.